The lowest BCUT2D eigenvalue weighted by Gasteiger charge is -2.36. The Morgan fingerprint density at radius 3 is 2.71 bits per heavy atom. The summed E-state index contributed by atoms with van der Waals surface area (Å²) in [5.41, 5.74) is 1.88. The van der Waals surface area contributed by atoms with Gasteiger partial charge in [0.1, 0.15) is 16.0 Å². The van der Waals surface area contributed by atoms with Gasteiger partial charge in [0.25, 0.3) is 0 Å². The second-order valence-corrected chi connectivity index (χ2v) is 8.69. The number of carbonyl (C=O) groups excluding carboxylic acids is 1. The lowest BCUT2D eigenvalue weighted by atomic mass is 10.2. The van der Waals surface area contributed by atoms with E-state index in [1.807, 2.05) is 17.0 Å². The number of aromatic nitrogens is 3. The van der Waals surface area contributed by atoms with E-state index in [2.05, 4.69) is 78.4 Å². The highest BCUT2D eigenvalue weighted by Gasteiger charge is 2.23. The smallest absolute Gasteiger partial charge is 0.244 e. The number of fused-ring (bicyclic) bond motifs is 1. The summed E-state index contributed by atoms with van der Waals surface area (Å²) in [4.78, 5) is 21.4. The lowest BCUT2D eigenvalue weighted by molar-refractivity contribution is -0.132. The molecule has 1 amide bonds. The molecule has 1 aromatic carbocycles. The number of anilines is 1. The van der Waals surface area contributed by atoms with Gasteiger partial charge < -0.3 is 14.5 Å². The van der Waals surface area contributed by atoms with Crippen LogP contribution in [0, 0.1) is 7.27 Å². The maximum absolute atomic E-state index is 12.8. The van der Waals surface area contributed by atoms with E-state index >= 15 is 0 Å². The minimum atomic E-state index is 0.0753. The topological polar surface area (TPSA) is 63.5 Å². The predicted octanol–water partition coefficient (Wildman–Crippen LogP) is 3.00. The van der Waals surface area contributed by atoms with Crippen LogP contribution in [0.1, 0.15) is 0 Å². The molecule has 2 aromatic heterocycles. The van der Waals surface area contributed by atoms with Crippen LogP contribution < -0.4 is 9.64 Å². The first-order valence-electron chi connectivity index (χ1n) is 8.90. The largest absolute Gasteiger partial charge is 0.496 e. The molecule has 1 aliphatic heterocycles. The van der Waals surface area contributed by atoms with Crippen LogP contribution in [0.2, 0.25) is 0 Å². The van der Waals surface area contributed by atoms with Crippen LogP contribution >= 0.6 is 45.2 Å². The van der Waals surface area contributed by atoms with Gasteiger partial charge >= 0.3 is 0 Å². The number of hydrogen-bond acceptors (Lipinski definition) is 5. The second kappa shape index (κ2) is 8.39. The van der Waals surface area contributed by atoms with Crippen LogP contribution in [0.4, 0.5) is 5.69 Å². The zero-order valence-corrected chi connectivity index (χ0v) is 19.6. The van der Waals surface area contributed by atoms with Crippen LogP contribution in [0.15, 0.2) is 36.5 Å². The highest BCUT2D eigenvalue weighted by Crippen LogP contribution is 2.27. The molecule has 0 aliphatic carbocycles. The second-order valence-electron chi connectivity index (χ2n) is 6.51. The Kier molecular flexibility index (Phi) is 5.90. The average Bonchev–Trinajstić information content (AvgIpc) is 3.04. The third kappa shape index (κ3) is 3.91. The summed E-state index contributed by atoms with van der Waals surface area (Å²) in [5.74, 6) is 0.954. The van der Waals surface area contributed by atoms with Crippen LogP contribution in [0.3, 0.4) is 0 Å². The Balaban J connectivity index is 1.41. The van der Waals surface area contributed by atoms with Gasteiger partial charge in [-0.05, 0) is 69.4 Å². The zero-order valence-electron chi connectivity index (χ0n) is 15.3. The van der Waals surface area contributed by atoms with E-state index in [4.69, 9.17) is 4.74 Å². The first kappa shape index (κ1) is 19.7. The standard InChI is InChI=1S/C19H19I2N5O2/c1-28-16-11-13(4-5-15(16)20)24-7-9-25(10-8-24)17(27)12-26-19-14(18(21)23-26)3-2-6-22-19/h2-6,11H,7-10,12H2,1H3. The van der Waals surface area contributed by atoms with Crippen molar-refractivity contribution in [2.45, 2.75) is 6.54 Å². The normalized spacial score (nSPS) is 14.5. The highest BCUT2D eigenvalue weighted by atomic mass is 127. The van der Waals surface area contributed by atoms with Crippen molar-refractivity contribution in [2.75, 3.05) is 38.2 Å². The van der Waals surface area contributed by atoms with Crippen molar-refractivity contribution in [3.63, 3.8) is 0 Å². The Morgan fingerprint density at radius 1 is 1.18 bits per heavy atom. The molecule has 0 atom stereocenters. The summed E-state index contributed by atoms with van der Waals surface area (Å²) in [6, 6.07) is 10.1. The van der Waals surface area contributed by atoms with Crippen LogP contribution in [-0.2, 0) is 11.3 Å². The molecule has 0 saturated carbocycles. The highest BCUT2D eigenvalue weighted by molar-refractivity contribution is 14.1. The fraction of sp³-hybridized carbons (Fsp3) is 0.316. The maximum atomic E-state index is 12.8. The molecule has 1 fully saturated rings. The van der Waals surface area contributed by atoms with Gasteiger partial charge in [0.15, 0.2) is 5.65 Å². The summed E-state index contributed by atoms with van der Waals surface area (Å²) in [5, 5.41) is 5.46. The summed E-state index contributed by atoms with van der Waals surface area (Å²) in [7, 11) is 1.69. The number of benzene rings is 1. The summed E-state index contributed by atoms with van der Waals surface area (Å²) >= 11 is 4.45. The number of hydrogen-bond donors (Lipinski definition) is 0. The number of pyridine rings is 1. The minimum Gasteiger partial charge on any atom is -0.496 e. The lowest BCUT2D eigenvalue weighted by Crippen LogP contribution is -2.49. The first-order chi connectivity index (χ1) is 13.6. The van der Waals surface area contributed by atoms with Crippen molar-refractivity contribution in [3.8, 4) is 5.75 Å². The molecular formula is C19H19I2N5O2. The first-order valence-corrected chi connectivity index (χ1v) is 11.1. The number of methoxy groups -OCH3 is 1. The van der Waals surface area contributed by atoms with Crippen LogP contribution in [0.5, 0.6) is 5.75 Å². The van der Waals surface area contributed by atoms with E-state index in [0.29, 0.717) is 13.1 Å². The number of amides is 1. The molecule has 9 heteroatoms. The van der Waals surface area contributed by atoms with Gasteiger partial charge in [-0.15, -0.1) is 0 Å². The molecule has 1 saturated heterocycles. The maximum Gasteiger partial charge on any atom is 0.244 e. The summed E-state index contributed by atoms with van der Waals surface area (Å²) < 4.78 is 9.09. The SMILES string of the molecule is COc1cc(N2CCN(C(=O)Cn3nc(I)c4cccnc43)CC2)ccc1I. The van der Waals surface area contributed by atoms with Gasteiger partial charge in [-0.25, -0.2) is 9.67 Å². The van der Waals surface area contributed by atoms with Crippen molar-refractivity contribution in [2.24, 2.45) is 0 Å². The molecule has 0 N–H and O–H groups in total. The molecule has 4 rings (SSSR count). The van der Waals surface area contributed by atoms with E-state index in [-0.39, 0.29) is 12.5 Å². The van der Waals surface area contributed by atoms with Crippen LogP contribution in [0.25, 0.3) is 11.0 Å². The van der Waals surface area contributed by atoms with Crippen molar-refractivity contribution in [1.82, 2.24) is 19.7 Å². The molecule has 0 radical (unpaired) electrons. The number of carbonyl (C=O) groups is 1. The summed E-state index contributed by atoms with van der Waals surface area (Å²) in [6.07, 6.45) is 1.73. The Hall–Kier alpha value is -1.63. The van der Waals surface area contributed by atoms with E-state index < -0.39 is 0 Å². The quantitative estimate of drug-likeness (QED) is 0.430. The molecule has 0 spiro atoms. The number of rotatable bonds is 4. The molecule has 1 aliphatic rings. The third-order valence-corrected chi connectivity index (χ3v) is 6.57. The van der Waals surface area contributed by atoms with Gasteiger partial charge in [0, 0.05) is 44.1 Å². The molecule has 0 unspecified atom stereocenters. The Labute approximate surface area is 190 Å². The molecule has 0 bridgehead atoms. The van der Waals surface area contributed by atoms with E-state index in [9.17, 15) is 4.79 Å². The van der Waals surface area contributed by atoms with Crippen molar-refractivity contribution in [3.05, 3.63) is 43.8 Å². The van der Waals surface area contributed by atoms with Crippen molar-refractivity contribution in [1.29, 1.82) is 0 Å². The third-order valence-electron chi connectivity index (χ3n) is 4.88. The Bertz CT molecular complexity index is 1010. The van der Waals surface area contributed by atoms with Gasteiger partial charge in [-0.2, -0.15) is 5.10 Å². The number of piperazine rings is 1. The van der Waals surface area contributed by atoms with E-state index in [1.165, 1.54) is 0 Å². The fourth-order valence-corrected chi connectivity index (χ4v) is 4.61. The van der Waals surface area contributed by atoms with E-state index in [0.717, 1.165) is 42.8 Å². The van der Waals surface area contributed by atoms with E-state index in [1.54, 1.807) is 18.0 Å². The van der Waals surface area contributed by atoms with Gasteiger partial charge in [0.05, 0.1) is 16.1 Å². The predicted molar refractivity (Wildman–Crippen MR) is 125 cm³/mol. The molecule has 3 heterocycles. The van der Waals surface area contributed by atoms with Gasteiger partial charge in [0.2, 0.25) is 5.91 Å². The number of nitrogens with zero attached hydrogens (tertiary/aromatic N) is 5. The Morgan fingerprint density at radius 2 is 1.96 bits per heavy atom. The van der Waals surface area contributed by atoms with Crippen LogP contribution in [-0.4, -0.2) is 58.9 Å². The number of ether oxygens (including phenoxy) is 1. The monoisotopic (exact) mass is 603 g/mol. The number of halogens is 2. The molecule has 7 nitrogen and oxygen atoms in total. The van der Waals surface area contributed by atoms with Crippen molar-refractivity contribution >= 4 is 67.8 Å². The van der Waals surface area contributed by atoms with Gasteiger partial charge in [-0.3, -0.25) is 4.79 Å². The van der Waals surface area contributed by atoms with Gasteiger partial charge in [-0.1, -0.05) is 0 Å². The zero-order chi connectivity index (χ0) is 19.7. The molecular weight excluding hydrogens is 584 g/mol. The molecule has 28 heavy (non-hydrogen) atoms. The molecule has 3 aromatic rings. The molecule has 146 valence electrons. The minimum absolute atomic E-state index is 0.0753. The average molecular weight is 603 g/mol. The fourth-order valence-electron chi connectivity index (χ4n) is 3.37. The van der Waals surface area contributed by atoms with Crippen molar-refractivity contribution < 1.29 is 9.53 Å². The summed E-state index contributed by atoms with van der Waals surface area (Å²) in [6.45, 7) is 3.19.